The normalized spacial score (nSPS) is 17.1. The van der Waals surface area contributed by atoms with Gasteiger partial charge in [0, 0.05) is 5.70 Å². The van der Waals surface area contributed by atoms with Crippen molar-refractivity contribution in [1.29, 1.82) is 0 Å². The highest BCUT2D eigenvalue weighted by atomic mass is 19.4. The Morgan fingerprint density at radius 2 is 2.09 bits per heavy atom. The summed E-state index contributed by atoms with van der Waals surface area (Å²) in [6, 6.07) is 0. The van der Waals surface area contributed by atoms with Gasteiger partial charge in [0.15, 0.2) is 5.70 Å². The lowest BCUT2D eigenvalue weighted by Crippen LogP contribution is -2.25. The molecular formula is C7H6F3N. The molecular weight excluding hydrogens is 155 g/mol. The summed E-state index contributed by atoms with van der Waals surface area (Å²) >= 11 is 0. The van der Waals surface area contributed by atoms with Crippen molar-refractivity contribution >= 4 is 0 Å². The zero-order chi connectivity index (χ0) is 8.48. The lowest BCUT2D eigenvalue weighted by Gasteiger charge is -2.13. The van der Waals surface area contributed by atoms with E-state index in [-0.39, 0.29) is 0 Å². The van der Waals surface area contributed by atoms with Gasteiger partial charge in [-0.3, -0.25) is 0 Å². The number of rotatable bonds is 0. The molecule has 11 heavy (non-hydrogen) atoms. The molecule has 1 heterocycles. The molecule has 0 saturated heterocycles. The minimum absolute atomic E-state index is 0.469. The summed E-state index contributed by atoms with van der Waals surface area (Å²) in [5, 5.41) is 2.17. The number of hydrogen-bond donors (Lipinski definition) is 1. The minimum Gasteiger partial charge on any atom is -0.349 e. The number of hydrogen-bond acceptors (Lipinski definition) is 1. The van der Waals surface area contributed by atoms with E-state index in [1.165, 1.54) is 12.2 Å². The number of alkyl halides is 3. The second-order valence-electron chi connectivity index (χ2n) is 2.16. The minimum atomic E-state index is -4.33. The highest BCUT2D eigenvalue weighted by Gasteiger charge is 2.34. The van der Waals surface area contributed by atoms with Crippen LogP contribution in [0.2, 0.25) is 0 Å². The smallest absolute Gasteiger partial charge is 0.349 e. The topological polar surface area (TPSA) is 12.0 Å². The van der Waals surface area contributed by atoms with Crippen LogP contribution in [0, 0.1) is 0 Å². The molecule has 0 amide bonds. The monoisotopic (exact) mass is 161 g/mol. The standard InChI is InChI=1S/C7H6F3N/c1-5-3-2-4-6(11-5)7(8,9)10/h2-3,11H,1H3. The van der Waals surface area contributed by atoms with Crippen molar-refractivity contribution < 1.29 is 13.2 Å². The molecule has 0 atom stereocenters. The first-order valence-electron chi connectivity index (χ1n) is 2.98. The Hall–Kier alpha value is -1.15. The van der Waals surface area contributed by atoms with Crippen LogP contribution in [-0.2, 0) is 0 Å². The van der Waals surface area contributed by atoms with E-state index in [2.05, 4.69) is 11.0 Å². The molecule has 60 valence electrons. The summed E-state index contributed by atoms with van der Waals surface area (Å²) in [7, 11) is 0. The maximum atomic E-state index is 11.9. The molecule has 0 saturated carbocycles. The predicted molar refractivity (Wildman–Crippen MR) is 34.5 cm³/mol. The Morgan fingerprint density at radius 3 is 2.45 bits per heavy atom. The van der Waals surface area contributed by atoms with E-state index in [4.69, 9.17) is 0 Å². The van der Waals surface area contributed by atoms with Crippen LogP contribution in [0.3, 0.4) is 0 Å². The maximum absolute atomic E-state index is 11.9. The van der Waals surface area contributed by atoms with Gasteiger partial charge < -0.3 is 5.32 Å². The molecule has 0 aromatic rings. The first-order chi connectivity index (χ1) is 5.00. The van der Waals surface area contributed by atoms with E-state index >= 15 is 0 Å². The summed E-state index contributed by atoms with van der Waals surface area (Å²) in [5.74, 6) is 0. The summed E-state index contributed by atoms with van der Waals surface area (Å²) in [6.07, 6.45) is -1.56. The van der Waals surface area contributed by atoms with Gasteiger partial charge in [-0.2, -0.15) is 13.2 Å². The van der Waals surface area contributed by atoms with Crippen molar-refractivity contribution in [1.82, 2.24) is 5.32 Å². The van der Waals surface area contributed by atoms with E-state index in [1.807, 2.05) is 0 Å². The van der Waals surface area contributed by atoms with Gasteiger partial charge >= 0.3 is 6.18 Å². The van der Waals surface area contributed by atoms with Crippen LogP contribution in [0.15, 0.2) is 29.3 Å². The molecule has 0 unspecified atom stereocenters. The molecule has 1 aliphatic rings. The van der Waals surface area contributed by atoms with Gasteiger partial charge in [0.25, 0.3) is 0 Å². The van der Waals surface area contributed by atoms with Gasteiger partial charge in [0.1, 0.15) is 0 Å². The number of nitrogens with one attached hydrogen (secondary N) is 1. The molecule has 0 spiro atoms. The van der Waals surface area contributed by atoms with Crippen LogP contribution in [0.25, 0.3) is 0 Å². The number of halogens is 3. The molecule has 1 N–H and O–H groups in total. The van der Waals surface area contributed by atoms with Crippen molar-refractivity contribution in [2.75, 3.05) is 0 Å². The van der Waals surface area contributed by atoms with Gasteiger partial charge in [-0.1, -0.05) is 5.73 Å². The van der Waals surface area contributed by atoms with Crippen LogP contribution in [0.1, 0.15) is 6.92 Å². The van der Waals surface area contributed by atoms with Crippen LogP contribution in [0.5, 0.6) is 0 Å². The Labute approximate surface area is 61.9 Å². The SMILES string of the molecule is CC1=CC=C=C(C(F)(F)F)N1. The molecule has 1 nitrogen and oxygen atoms in total. The van der Waals surface area contributed by atoms with Gasteiger partial charge in [-0.15, -0.1) is 0 Å². The third-order valence-corrected chi connectivity index (χ3v) is 1.17. The lowest BCUT2D eigenvalue weighted by atomic mass is 10.3. The fourth-order valence-corrected chi connectivity index (χ4v) is 0.678. The molecule has 1 aliphatic heterocycles. The van der Waals surface area contributed by atoms with E-state index in [9.17, 15) is 13.2 Å². The molecule has 4 heteroatoms. The molecule has 0 aromatic heterocycles. The largest absolute Gasteiger partial charge is 0.438 e. The van der Waals surface area contributed by atoms with Crippen molar-refractivity contribution in [3.8, 4) is 0 Å². The number of allylic oxidation sites excluding steroid dienone is 3. The second-order valence-corrected chi connectivity index (χ2v) is 2.16. The zero-order valence-electron chi connectivity index (χ0n) is 5.79. The van der Waals surface area contributed by atoms with E-state index < -0.39 is 11.9 Å². The fraction of sp³-hybridized carbons (Fsp3) is 0.286. The van der Waals surface area contributed by atoms with Crippen LogP contribution in [-0.4, -0.2) is 6.18 Å². The highest BCUT2D eigenvalue weighted by molar-refractivity contribution is 5.23. The van der Waals surface area contributed by atoms with Gasteiger partial charge in [0.05, 0.1) is 0 Å². The van der Waals surface area contributed by atoms with Gasteiger partial charge in [0.2, 0.25) is 0 Å². The fourth-order valence-electron chi connectivity index (χ4n) is 0.678. The lowest BCUT2D eigenvalue weighted by molar-refractivity contribution is -0.0956. The Morgan fingerprint density at radius 1 is 1.45 bits per heavy atom. The summed E-state index contributed by atoms with van der Waals surface area (Å²) in [4.78, 5) is 0. The Balaban J connectivity index is 2.88. The average Bonchev–Trinajstić information content (AvgIpc) is 1.86. The first kappa shape index (κ1) is 7.95. The molecule has 0 aliphatic carbocycles. The summed E-state index contributed by atoms with van der Waals surface area (Å²) in [5.41, 5.74) is 1.70. The zero-order valence-corrected chi connectivity index (χ0v) is 5.79. The Bertz CT molecular complexity index is 253. The molecule has 0 aromatic carbocycles. The molecule has 1 rings (SSSR count). The summed E-state index contributed by atoms with van der Waals surface area (Å²) < 4.78 is 35.7. The van der Waals surface area contributed by atoms with Crippen LogP contribution >= 0.6 is 0 Å². The van der Waals surface area contributed by atoms with Gasteiger partial charge in [-0.05, 0) is 19.1 Å². The van der Waals surface area contributed by atoms with Crippen molar-refractivity contribution in [3.63, 3.8) is 0 Å². The molecule has 0 bridgehead atoms. The Kier molecular flexibility index (Phi) is 1.79. The van der Waals surface area contributed by atoms with Crippen molar-refractivity contribution in [3.05, 3.63) is 29.3 Å². The van der Waals surface area contributed by atoms with E-state index in [0.717, 1.165) is 0 Å². The van der Waals surface area contributed by atoms with Crippen molar-refractivity contribution in [2.45, 2.75) is 13.1 Å². The molecule has 0 fully saturated rings. The maximum Gasteiger partial charge on any atom is 0.438 e. The average molecular weight is 161 g/mol. The van der Waals surface area contributed by atoms with E-state index in [1.54, 1.807) is 6.92 Å². The predicted octanol–water partition coefficient (Wildman–Crippen LogP) is 2.09. The van der Waals surface area contributed by atoms with Crippen LogP contribution < -0.4 is 5.32 Å². The quantitative estimate of drug-likeness (QED) is 0.536. The second kappa shape index (κ2) is 2.47. The summed E-state index contributed by atoms with van der Waals surface area (Å²) in [6.45, 7) is 1.56. The molecule has 0 radical (unpaired) electrons. The van der Waals surface area contributed by atoms with Gasteiger partial charge in [-0.25, -0.2) is 0 Å². The third-order valence-electron chi connectivity index (χ3n) is 1.17. The van der Waals surface area contributed by atoms with E-state index in [0.29, 0.717) is 5.70 Å². The highest BCUT2D eigenvalue weighted by Crippen LogP contribution is 2.24. The first-order valence-corrected chi connectivity index (χ1v) is 2.98. The third kappa shape index (κ3) is 1.88. The van der Waals surface area contributed by atoms with Crippen molar-refractivity contribution in [2.24, 2.45) is 0 Å². The van der Waals surface area contributed by atoms with Crippen LogP contribution in [0.4, 0.5) is 13.2 Å².